The zero-order valence-corrected chi connectivity index (χ0v) is 14.6. The highest BCUT2D eigenvalue weighted by Crippen LogP contribution is 2.34. The Morgan fingerprint density at radius 3 is 2.92 bits per heavy atom. The average Bonchev–Trinajstić information content (AvgIpc) is 3.32. The predicted octanol–water partition coefficient (Wildman–Crippen LogP) is 3.22. The van der Waals surface area contributed by atoms with Crippen molar-refractivity contribution in [2.45, 2.75) is 16.5 Å². The summed E-state index contributed by atoms with van der Waals surface area (Å²) >= 11 is 6.90. The van der Waals surface area contributed by atoms with E-state index in [-0.39, 0.29) is 10.1 Å². The molecular weight excluding hydrogens is 374 g/mol. The molecule has 1 fully saturated rings. The lowest BCUT2D eigenvalue weighted by Gasteiger charge is -2.14. The molecule has 1 aliphatic rings. The van der Waals surface area contributed by atoms with E-state index in [9.17, 15) is 8.42 Å². The Morgan fingerprint density at radius 2 is 2.21 bits per heavy atom. The van der Waals surface area contributed by atoms with E-state index in [1.807, 2.05) is 0 Å². The van der Waals surface area contributed by atoms with E-state index in [1.165, 1.54) is 16.6 Å². The third kappa shape index (κ3) is 2.77. The molecule has 0 spiro atoms. The quantitative estimate of drug-likeness (QED) is 0.685. The highest BCUT2D eigenvalue weighted by atomic mass is 35.5. The van der Waals surface area contributed by atoms with Crippen LogP contribution in [-0.4, -0.2) is 36.0 Å². The Bertz CT molecular complexity index is 949. The number of halogens is 1. The minimum Gasteiger partial charge on any atom is -0.459 e. The molecule has 0 amide bonds. The normalized spacial score (nSPS) is 19.1. The second-order valence-corrected chi connectivity index (χ2v) is 9.22. The minimum absolute atomic E-state index is 0.109. The van der Waals surface area contributed by atoms with Crippen molar-refractivity contribution in [1.29, 1.82) is 0 Å². The second-order valence-electron chi connectivity index (χ2n) is 5.34. The van der Waals surface area contributed by atoms with E-state index in [0.717, 1.165) is 11.3 Å². The van der Waals surface area contributed by atoms with Gasteiger partial charge in [0.25, 0.3) is 15.9 Å². The molecule has 4 rings (SSSR count). The molecule has 0 radical (unpaired) electrons. The van der Waals surface area contributed by atoms with Gasteiger partial charge in [0.1, 0.15) is 4.21 Å². The van der Waals surface area contributed by atoms with Crippen LogP contribution in [0, 0.1) is 0 Å². The van der Waals surface area contributed by atoms with Crippen LogP contribution in [0.3, 0.4) is 0 Å². The largest absolute Gasteiger partial charge is 0.459 e. The van der Waals surface area contributed by atoms with E-state index in [4.69, 9.17) is 20.5 Å². The van der Waals surface area contributed by atoms with Crippen molar-refractivity contribution in [2.24, 2.45) is 0 Å². The Labute approximate surface area is 146 Å². The Morgan fingerprint density at radius 1 is 1.33 bits per heavy atom. The van der Waals surface area contributed by atoms with Gasteiger partial charge in [-0.2, -0.15) is 9.29 Å². The van der Waals surface area contributed by atoms with Crippen molar-refractivity contribution in [1.82, 2.24) is 14.4 Å². The molecular formula is C14H12ClN3O4S2. The monoisotopic (exact) mass is 385 g/mol. The van der Waals surface area contributed by atoms with Crippen LogP contribution in [0.2, 0.25) is 4.34 Å². The van der Waals surface area contributed by atoms with Crippen molar-refractivity contribution < 1.29 is 17.4 Å². The SMILES string of the molecule is O=S(=O)(c1ccc(Cl)s1)N1CC[C@@H](c2noc(-c3ccco3)n2)C1. The standard InChI is InChI=1S/C14H12ClN3O4S2/c15-11-3-4-12(23-11)24(19,20)18-6-5-9(8-18)13-16-14(22-17-13)10-2-1-7-21-10/h1-4,7,9H,5-6,8H2/t9-/m1/s1. The first-order valence-corrected chi connectivity index (χ1v) is 9.80. The Balaban J connectivity index is 1.53. The van der Waals surface area contributed by atoms with E-state index in [2.05, 4.69) is 10.1 Å². The van der Waals surface area contributed by atoms with Crippen molar-refractivity contribution in [3.8, 4) is 11.7 Å². The maximum absolute atomic E-state index is 12.6. The smallest absolute Gasteiger partial charge is 0.293 e. The van der Waals surface area contributed by atoms with E-state index < -0.39 is 10.0 Å². The van der Waals surface area contributed by atoms with Gasteiger partial charge in [0.05, 0.1) is 10.6 Å². The third-order valence-corrected chi connectivity index (χ3v) is 7.40. The van der Waals surface area contributed by atoms with Crippen LogP contribution in [0.1, 0.15) is 18.2 Å². The summed E-state index contributed by atoms with van der Waals surface area (Å²) in [5.74, 6) is 1.16. The van der Waals surface area contributed by atoms with Gasteiger partial charge in [-0.15, -0.1) is 11.3 Å². The van der Waals surface area contributed by atoms with Crippen LogP contribution in [0.5, 0.6) is 0 Å². The van der Waals surface area contributed by atoms with Gasteiger partial charge in [-0.3, -0.25) is 0 Å². The lowest BCUT2D eigenvalue weighted by atomic mass is 10.1. The summed E-state index contributed by atoms with van der Waals surface area (Å²) in [7, 11) is -3.53. The number of hydrogen-bond acceptors (Lipinski definition) is 7. The van der Waals surface area contributed by atoms with Gasteiger partial charge in [0.15, 0.2) is 11.6 Å². The number of thiophene rings is 1. The lowest BCUT2D eigenvalue weighted by Crippen LogP contribution is -2.28. The molecule has 4 heterocycles. The fraction of sp³-hybridized carbons (Fsp3) is 0.286. The molecule has 0 aliphatic carbocycles. The molecule has 7 nitrogen and oxygen atoms in total. The summed E-state index contributed by atoms with van der Waals surface area (Å²) in [5, 5.41) is 3.96. The number of hydrogen-bond donors (Lipinski definition) is 0. The molecule has 126 valence electrons. The molecule has 0 bridgehead atoms. The molecule has 0 saturated carbocycles. The number of nitrogens with zero attached hydrogens (tertiary/aromatic N) is 3. The summed E-state index contributed by atoms with van der Waals surface area (Å²) in [5.41, 5.74) is 0. The molecule has 24 heavy (non-hydrogen) atoms. The van der Waals surface area contributed by atoms with Gasteiger partial charge in [-0.05, 0) is 30.7 Å². The molecule has 3 aromatic heterocycles. The first-order chi connectivity index (χ1) is 11.5. The van der Waals surface area contributed by atoms with Crippen LogP contribution in [0.15, 0.2) is 43.7 Å². The number of sulfonamides is 1. The molecule has 1 saturated heterocycles. The minimum atomic E-state index is -3.53. The predicted molar refractivity (Wildman–Crippen MR) is 87.4 cm³/mol. The topological polar surface area (TPSA) is 89.4 Å². The number of rotatable bonds is 4. The van der Waals surface area contributed by atoms with Gasteiger partial charge in [0, 0.05) is 19.0 Å². The summed E-state index contributed by atoms with van der Waals surface area (Å²) in [4.78, 5) is 4.32. The third-order valence-electron chi connectivity index (χ3n) is 3.83. The van der Waals surface area contributed by atoms with Gasteiger partial charge in [0.2, 0.25) is 0 Å². The van der Waals surface area contributed by atoms with Gasteiger partial charge >= 0.3 is 0 Å². The number of furan rings is 1. The summed E-state index contributed by atoms with van der Waals surface area (Å²) in [6.07, 6.45) is 2.16. The summed E-state index contributed by atoms with van der Waals surface area (Å²) in [6, 6.07) is 6.57. The maximum Gasteiger partial charge on any atom is 0.293 e. The zero-order valence-electron chi connectivity index (χ0n) is 12.3. The highest BCUT2D eigenvalue weighted by Gasteiger charge is 2.36. The van der Waals surface area contributed by atoms with Gasteiger partial charge < -0.3 is 8.94 Å². The highest BCUT2D eigenvalue weighted by molar-refractivity contribution is 7.91. The summed E-state index contributed by atoms with van der Waals surface area (Å²) in [6.45, 7) is 0.724. The summed E-state index contributed by atoms with van der Waals surface area (Å²) < 4.78 is 37.8. The van der Waals surface area contributed by atoms with E-state index in [0.29, 0.717) is 41.3 Å². The van der Waals surface area contributed by atoms with E-state index in [1.54, 1.807) is 18.2 Å². The molecule has 0 N–H and O–H groups in total. The molecule has 0 aromatic carbocycles. The molecule has 1 aliphatic heterocycles. The van der Waals surface area contributed by atoms with Gasteiger partial charge in [-0.1, -0.05) is 16.8 Å². The molecule has 0 unspecified atom stereocenters. The first-order valence-electron chi connectivity index (χ1n) is 7.17. The van der Waals surface area contributed by atoms with Crippen LogP contribution < -0.4 is 0 Å². The molecule has 3 aromatic rings. The van der Waals surface area contributed by atoms with Crippen LogP contribution in [-0.2, 0) is 10.0 Å². The van der Waals surface area contributed by atoms with Crippen molar-refractivity contribution in [2.75, 3.05) is 13.1 Å². The van der Waals surface area contributed by atoms with Crippen molar-refractivity contribution in [3.63, 3.8) is 0 Å². The Kier molecular flexibility index (Phi) is 3.95. The molecule has 1 atom stereocenters. The maximum atomic E-state index is 12.6. The van der Waals surface area contributed by atoms with Gasteiger partial charge in [-0.25, -0.2) is 8.42 Å². The average molecular weight is 386 g/mol. The van der Waals surface area contributed by atoms with Crippen LogP contribution >= 0.6 is 22.9 Å². The number of aromatic nitrogens is 2. The van der Waals surface area contributed by atoms with E-state index >= 15 is 0 Å². The van der Waals surface area contributed by atoms with Crippen LogP contribution in [0.25, 0.3) is 11.7 Å². The van der Waals surface area contributed by atoms with Crippen molar-refractivity contribution in [3.05, 3.63) is 40.7 Å². The molecule has 10 heteroatoms. The first kappa shape index (κ1) is 15.8. The fourth-order valence-corrected chi connectivity index (χ4v) is 5.76. The second kappa shape index (κ2) is 5.99. The zero-order chi connectivity index (χ0) is 16.7. The van der Waals surface area contributed by atoms with Crippen molar-refractivity contribution >= 4 is 33.0 Å². The van der Waals surface area contributed by atoms with Crippen LogP contribution in [0.4, 0.5) is 0 Å². The lowest BCUT2D eigenvalue weighted by molar-refractivity contribution is 0.403. The Hall–Kier alpha value is -1.68. The fourth-order valence-electron chi connectivity index (χ4n) is 2.62.